The van der Waals surface area contributed by atoms with Crippen LogP contribution in [0.1, 0.15) is 5.56 Å². The number of aromatic nitrogens is 1. The zero-order chi connectivity index (χ0) is 12.1. The van der Waals surface area contributed by atoms with Gasteiger partial charge >= 0.3 is 0 Å². The summed E-state index contributed by atoms with van der Waals surface area (Å²) in [4.78, 5) is 9.30. The molecule has 0 N–H and O–H groups in total. The maximum atomic E-state index is 6.47. The van der Waals surface area contributed by atoms with Gasteiger partial charge in [-0.2, -0.15) is 0 Å². The molecule has 2 nitrogen and oxygen atoms in total. The molecular formula is C15H9ClN2. The third-order valence-corrected chi connectivity index (χ3v) is 3.75. The third kappa shape index (κ3) is 1.24. The van der Waals surface area contributed by atoms with Crippen molar-refractivity contribution in [2.75, 3.05) is 0 Å². The minimum absolute atomic E-state index is 0.742. The lowest BCUT2D eigenvalue weighted by Gasteiger charge is -2.07. The molecule has 0 radical (unpaired) electrons. The average Bonchev–Trinajstić information content (AvgIpc) is 2.79. The number of hydrogen-bond donors (Lipinski definition) is 0. The molecule has 0 spiro atoms. The molecule has 0 fully saturated rings. The topological polar surface area (TPSA) is 25.2 Å². The molecule has 3 heteroatoms. The molecule has 1 aromatic carbocycles. The molecule has 0 unspecified atom stereocenters. The summed E-state index contributed by atoms with van der Waals surface area (Å²) in [5.74, 6) is 0. The SMILES string of the molecule is Clc1c2c(nc3c1=Nc1ccccc1-3)=CC=CC2. The summed E-state index contributed by atoms with van der Waals surface area (Å²) < 4.78 is 0. The molecule has 18 heavy (non-hydrogen) atoms. The lowest BCUT2D eigenvalue weighted by molar-refractivity contribution is 1.11. The molecule has 2 aromatic rings. The van der Waals surface area contributed by atoms with E-state index in [1.807, 2.05) is 36.4 Å². The van der Waals surface area contributed by atoms with Gasteiger partial charge in [-0.05, 0) is 18.6 Å². The second-order valence-corrected chi connectivity index (χ2v) is 4.79. The monoisotopic (exact) mass is 252 g/mol. The Morgan fingerprint density at radius 3 is 3.00 bits per heavy atom. The lowest BCUT2D eigenvalue weighted by Crippen LogP contribution is -2.23. The van der Waals surface area contributed by atoms with Crippen LogP contribution in [0.3, 0.4) is 0 Å². The molecule has 86 valence electrons. The van der Waals surface area contributed by atoms with Crippen LogP contribution in [0.25, 0.3) is 17.3 Å². The average molecular weight is 253 g/mol. The molecule has 2 heterocycles. The third-order valence-electron chi connectivity index (χ3n) is 3.34. The molecule has 1 aliphatic carbocycles. The van der Waals surface area contributed by atoms with Crippen molar-refractivity contribution in [2.45, 2.75) is 6.42 Å². The number of fused-ring (bicyclic) bond motifs is 4. The molecule has 4 rings (SSSR count). The highest BCUT2D eigenvalue weighted by molar-refractivity contribution is 6.31. The van der Waals surface area contributed by atoms with E-state index in [0.717, 1.165) is 44.7 Å². The predicted molar refractivity (Wildman–Crippen MR) is 72.4 cm³/mol. The van der Waals surface area contributed by atoms with Gasteiger partial charge < -0.3 is 0 Å². The van der Waals surface area contributed by atoms with Gasteiger partial charge in [0.2, 0.25) is 0 Å². The minimum Gasteiger partial charge on any atom is -0.246 e. The van der Waals surface area contributed by atoms with E-state index >= 15 is 0 Å². The summed E-state index contributed by atoms with van der Waals surface area (Å²) >= 11 is 6.47. The van der Waals surface area contributed by atoms with Gasteiger partial charge in [0, 0.05) is 11.1 Å². The highest BCUT2D eigenvalue weighted by atomic mass is 35.5. The summed E-state index contributed by atoms with van der Waals surface area (Å²) in [5, 5.41) is 2.53. The molecule has 1 aliphatic heterocycles. The zero-order valence-electron chi connectivity index (χ0n) is 9.52. The van der Waals surface area contributed by atoms with Crippen LogP contribution in [0.4, 0.5) is 5.69 Å². The van der Waals surface area contributed by atoms with Crippen LogP contribution in [0.2, 0.25) is 5.02 Å². The normalized spacial score (nSPS) is 14.3. The Morgan fingerprint density at radius 1 is 1.17 bits per heavy atom. The highest BCUT2D eigenvalue weighted by Crippen LogP contribution is 2.31. The van der Waals surface area contributed by atoms with Crippen molar-refractivity contribution in [2.24, 2.45) is 4.99 Å². The van der Waals surface area contributed by atoms with Gasteiger partial charge in [0.1, 0.15) is 11.1 Å². The fourth-order valence-corrected chi connectivity index (χ4v) is 2.76. The molecule has 0 bridgehead atoms. The van der Waals surface area contributed by atoms with Crippen molar-refractivity contribution in [3.63, 3.8) is 0 Å². The van der Waals surface area contributed by atoms with Crippen LogP contribution < -0.4 is 10.7 Å². The fraction of sp³-hybridized carbons (Fsp3) is 0.0667. The molecule has 2 aliphatic rings. The number of nitrogens with zero attached hydrogens (tertiary/aromatic N) is 2. The summed E-state index contributed by atoms with van der Waals surface area (Å²) in [6.07, 6.45) is 6.95. The van der Waals surface area contributed by atoms with Gasteiger partial charge in [0.15, 0.2) is 0 Å². The van der Waals surface area contributed by atoms with Gasteiger partial charge in [-0.1, -0.05) is 42.0 Å². The lowest BCUT2D eigenvalue weighted by atomic mass is 10.1. The van der Waals surface area contributed by atoms with Crippen molar-refractivity contribution >= 4 is 23.4 Å². The van der Waals surface area contributed by atoms with E-state index in [4.69, 9.17) is 16.6 Å². The Labute approximate surface area is 109 Å². The Hall–Kier alpha value is -1.93. The van der Waals surface area contributed by atoms with Gasteiger partial charge in [-0.3, -0.25) is 0 Å². The number of para-hydroxylation sites is 1. The molecular weight excluding hydrogens is 244 g/mol. The second kappa shape index (κ2) is 3.53. The second-order valence-electron chi connectivity index (χ2n) is 4.41. The van der Waals surface area contributed by atoms with Crippen LogP contribution in [0.15, 0.2) is 41.4 Å². The first kappa shape index (κ1) is 10.0. The summed E-state index contributed by atoms with van der Waals surface area (Å²) in [7, 11) is 0. The molecule has 0 atom stereocenters. The molecule has 0 saturated heterocycles. The van der Waals surface area contributed by atoms with E-state index in [1.54, 1.807) is 0 Å². The standard InChI is InChI=1S/C15H9ClN2/c16-13-9-5-1-3-7-11(9)17-14-10-6-2-4-8-12(10)18-15(13)14/h1-4,6-8H,5H2. The Balaban J connectivity index is 2.16. The number of halogens is 1. The van der Waals surface area contributed by atoms with E-state index in [2.05, 4.69) is 11.1 Å². The van der Waals surface area contributed by atoms with Crippen molar-refractivity contribution < 1.29 is 0 Å². The van der Waals surface area contributed by atoms with Gasteiger partial charge in [0.25, 0.3) is 0 Å². The van der Waals surface area contributed by atoms with Crippen LogP contribution in [-0.2, 0) is 6.42 Å². The predicted octanol–water partition coefficient (Wildman–Crippen LogP) is 2.56. The van der Waals surface area contributed by atoms with Crippen LogP contribution >= 0.6 is 11.6 Å². The maximum absolute atomic E-state index is 6.47. The van der Waals surface area contributed by atoms with Gasteiger partial charge in [0.05, 0.1) is 16.1 Å². The van der Waals surface area contributed by atoms with Crippen LogP contribution in [0.5, 0.6) is 0 Å². The van der Waals surface area contributed by atoms with Crippen molar-refractivity contribution in [3.8, 4) is 11.3 Å². The summed E-state index contributed by atoms with van der Waals surface area (Å²) in [5.41, 5.74) is 4.01. The van der Waals surface area contributed by atoms with Gasteiger partial charge in [-0.25, -0.2) is 9.98 Å². The van der Waals surface area contributed by atoms with Crippen LogP contribution in [0, 0.1) is 0 Å². The highest BCUT2D eigenvalue weighted by Gasteiger charge is 2.19. The number of hydrogen-bond acceptors (Lipinski definition) is 2. The van der Waals surface area contributed by atoms with Gasteiger partial charge in [-0.15, -0.1) is 0 Å². The van der Waals surface area contributed by atoms with E-state index in [9.17, 15) is 0 Å². The summed E-state index contributed by atoms with van der Waals surface area (Å²) in [6, 6.07) is 8.02. The molecule has 0 amide bonds. The Kier molecular flexibility index (Phi) is 1.97. The number of rotatable bonds is 0. The minimum atomic E-state index is 0.742. The van der Waals surface area contributed by atoms with E-state index in [1.165, 1.54) is 0 Å². The quantitative estimate of drug-likeness (QED) is 0.604. The first-order valence-corrected chi connectivity index (χ1v) is 6.26. The molecule has 1 aromatic heterocycles. The van der Waals surface area contributed by atoms with E-state index in [0.29, 0.717) is 0 Å². The summed E-state index contributed by atoms with van der Waals surface area (Å²) in [6.45, 7) is 0. The maximum Gasteiger partial charge on any atom is 0.109 e. The first-order chi connectivity index (χ1) is 8.84. The zero-order valence-corrected chi connectivity index (χ0v) is 10.3. The van der Waals surface area contributed by atoms with E-state index < -0.39 is 0 Å². The fourth-order valence-electron chi connectivity index (χ4n) is 2.46. The largest absolute Gasteiger partial charge is 0.246 e. The van der Waals surface area contributed by atoms with Crippen molar-refractivity contribution in [3.05, 3.63) is 57.7 Å². The Bertz CT molecular complexity index is 819. The number of allylic oxidation sites excluding steroid dienone is 2. The first-order valence-electron chi connectivity index (χ1n) is 5.88. The Morgan fingerprint density at radius 2 is 2.06 bits per heavy atom. The van der Waals surface area contributed by atoms with Crippen molar-refractivity contribution in [1.82, 2.24) is 4.98 Å². The number of benzene rings is 1. The molecule has 0 saturated carbocycles. The van der Waals surface area contributed by atoms with Crippen molar-refractivity contribution in [1.29, 1.82) is 0 Å². The number of pyridine rings is 1. The van der Waals surface area contributed by atoms with Crippen LogP contribution in [-0.4, -0.2) is 4.98 Å². The van der Waals surface area contributed by atoms with E-state index in [-0.39, 0.29) is 0 Å². The smallest absolute Gasteiger partial charge is 0.109 e.